The van der Waals surface area contributed by atoms with E-state index in [0.717, 1.165) is 19.5 Å². The molecule has 5 nitrogen and oxygen atoms in total. The van der Waals surface area contributed by atoms with Crippen molar-refractivity contribution in [3.8, 4) is 0 Å². The molecule has 1 aromatic rings. The van der Waals surface area contributed by atoms with Gasteiger partial charge in [0.15, 0.2) is 6.54 Å². The van der Waals surface area contributed by atoms with Crippen molar-refractivity contribution < 1.29 is 9.20 Å². The maximum atomic E-state index is 10.9. The fourth-order valence-electron chi connectivity index (χ4n) is 1.11. The molecule has 5 heteroatoms. The Hall–Kier alpha value is -1.10. The van der Waals surface area contributed by atoms with E-state index in [4.69, 9.17) is 0 Å². The summed E-state index contributed by atoms with van der Waals surface area (Å²) in [5.74, 6) is 0. The summed E-state index contributed by atoms with van der Waals surface area (Å²) in [4.78, 5) is 13.0. The fraction of sp³-hybridized carbons (Fsp3) is 0.750. The van der Waals surface area contributed by atoms with Gasteiger partial charge in [-0.1, -0.05) is 4.68 Å². The summed E-state index contributed by atoms with van der Waals surface area (Å²) in [6.07, 6.45) is 0.994. The summed E-state index contributed by atoms with van der Waals surface area (Å²) in [6, 6.07) is 0. The van der Waals surface area contributed by atoms with Crippen LogP contribution in [0, 0.1) is 6.92 Å². The van der Waals surface area contributed by atoms with Crippen molar-refractivity contribution >= 4 is 0 Å². The Morgan fingerprint density at radius 3 is 2.69 bits per heavy atom. The molecule has 0 aliphatic carbocycles. The molecule has 0 aliphatic rings. The largest absolute Gasteiger partial charge is 0.429 e. The molecule has 0 unspecified atom stereocenters. The van der Waals surface area contributed by atoms with Crippen LogP contribution in [0.2, 0.25) is 0 Å². The number of H-pyrrole nitrogens is 1. The molecule has 0 saturated carbocycles. The highest BCUT2D eigenvalue weighted by Crippen LogP contribution is 1.84. The standard InChI is InChI=1S/C8H15N3O2/c1-7-8(12)13-9-11(7)6-4-5-10(2)3/h4-6H2,1-3H3/p+1. The summed E-state index contributed by atoms with van der Waals surface area (Å²) in [5.41, 5.74) is 0.337. The molecule has 0 spiro atoms. The predicted molar refractivity (Wildman–Crippen MR) is 47.4 cm³/mol. The molecule has 1 aromatic heterocycles. The number of hydrogen-bond acceptors (Lipinski definition) is 3. The highest BCUT2D eigenvalue weighted by atomic mass is 16.5. The maximum Gasteiger partial charge on any atom is 0.429 e. The molecular weight excluding hydrogens is 170 g/mol. The second-order valence-corrected chi connectivity index (χ2v) is 3.37. The van der Waals surface area contributed by atoms with Crippen LogP contribution in [0.1, 0.15) is 12.1 Å². The van der Waals surface area contributed by atoms with Crippen LogP contribution >= 0.6 is 0 Å². The smallest absolute Gasteiger partial charge is 0.309 e. The van der Waals surface area contributed by atoms with Crippen LogP contribution in [0.4, 0.5) is 0 Å². The van der Waals surface area contributed by atoms with Gasteiger partial charge in [0.2, 0.25) is 0 Å². The lowest BCUT2D eigenvalue weighted by atomic mass is 10.4. The maximum absolute atomic E-state index is 10.9. The minimum absolute atomic E-state index is 0.287. The minimum atomic E-state index is -0.287. The zero-order chi connectivity index (χ0) is 9.84. The molecule has 0 aromatic carbocycles. The van der Waals surface area contributed by atoms with Gasteiger partial charge in [0, 0.05) is 19.9 Å². The van der Waals surface area contributed by atoms with Gasteiger partial charge < -0.3 is 4.90 Å². The van der Waals surface area contributed by atoms with E-state index >= 15 is 0 Å². The monoisotopic (exact) mass is 186 g/mol. The normalized spacial score (nSPS) is 11.1. The number of nitrogens with one attached hydrogen (secondary N) is 1. The van der Waals surface area contributed by atoms with Crippen LogP contribution in [0.15, 0.2) is 9.32 Å². The zero-order valence-electron chi connectivity index (χ0n) is 8.33. The average Bonchev–Trinajstić information content (AvgIpc) is 2.35. The number of rotatable bonds is 4. The molecule has 1 heterocycles. The Morgan fingerprint density at radius 1 is 1.54 bits per heavy atom. The molecule has 13 heavy (non-hydrogen) atoms. The number of aromatic amines is 1. The van der Waals surface area contributed by atoms with Crippen LogP contribution < -0.4 is 10.3 Å². The van der Waals surface area contributed by atoms with Gasteiger partial charge >= 0.3 is 5.63 Å². The summed E-state index contributed by atoms with van der Waals surface area (Å²) in [7, 11) is 4.05. The van der Waals surface area contributed by atoms with Crippen LogP contribution in [-0.4, -0.2) is 30.8 Å². The summed E-state index contributed by atoms with van der Waals surface area (Å²) in [6.45, 7) is 3.54. The Labute approximate surface area is 76.9 Å². The Bertz CT molecular complexity index is 313. The van der Waals surface area contributed by atoms with Gasteiger partial charge in [-0.25, -0.2) is 4.79 Å². The third-order valence-electron chi connectivity index (χ3n) is 1.94. The summed E-state index contributed by atoms with van der Waals surface area (Å²) < 4.78 is 6.35. The molecular formula is C8H16N3O2+. The van der Waals surface area contributed by atoms with E-state index in [2.05, 4.69) is 14.7 Å². The quantitative estimate of drug-likeness (QED) is 0.646. The summed E-state index contributed by atoms with van der Waals surface area (Å²) >= 11 is 0. The molecule has 1 N–H and O–H groups in total. The van der Waals surface area contributed by atoms with Crippen molar-refractivity contribution in [1.29, 1.82) is 0 Å². The zero-order valence-corrected chi connectivity index (χ0v) is 8.33. The second kappa shape index (κ2) is 4.23. The number of aryl methyl sites for hydroxylation is 1. The second-order valence-electron chi connectivity index (χ2n) is 3.37. The van der Waals surface area contributed by atoms with Crippen molar-refractivity contribution in [2.75, 3.05) is 20.6 Å². The minimum Gasteiger partial charge on any atom is -0.309 e. The highest BCUT2D eigenvalue weighted by Gasteiger charge is 2.13. The van der Waals surface area contributed by atoms with E-state index in [-0.39, 0.29) is 5.63 Å². The van der Waals surface area contributed by atoms with E-state index in [9.17, 15) is 4.79 Å². The van der Waals surface area contributed by atoms with Gasteiger partial charge in [0.05, 0.1) is 0 Å². The van der Waals surface area contributed by atoms with E-state index in [1.165, 1.54) is 0 Å². The third kappa shape index (κ3) is 2.69. The van der Waals surface area contributed by atoms with Gasteiger partial charge in [-0.3, -0.25) is 4.52 Å². The highest BCUT2D eigenvalue weighted by molar-refractivity contribution is 4.75. The molecule has 1 rings (SSSR count). The predicted octanol–water partition coefficient (Wildman–Crippen LogP) is -0.484. The summed E-state index contributed by atoms with van der Waals surface area (Å²) in [5, 5.41) is 2.56. The molecule has 74 valence electrons. The first-order chi connectivity index (χ1) is 6.11. The molecule has 0 amide bonds. The number of hydrogen-bond donors (Lipinski definition) is 1. The lowest BCUT2D eigenvalue weighted by Gasteiger charge is -2.05. The van der Waals surface area contributed by atoms with Gasteiger partial charge in [-0.05, 0) is 19.4 Å². The molecule has 0 saturated heterocycles. The van der Waals surface area contributed by atoms with Gasteiger partial charge in [0.1, 0.15) is 0 Å². The van der Waals surface area contributed by atoms with Crippen LogP contribution in [0.5, 0.6) is 0 Å². The molecule has 0 aliphatic heterocycles. The van der Waals surface area contributed by atoms with E-state index in [0.29, 0.717) is 5.69 Å². The van der Waals surface area contributed by atoms with E-state index < -0.39 is 0 Å². The topological polar surface area (TPSA) is 53.1 Å². The first-order valence-electron chi connectivity index (χ1n) is 4.34. The molecule has 0 fully saturated rings. The van der Waals surface area contributed by atoms with E-state index in [1.807, 2.05) is 14.1 Å². The van der Waals surface area contributed by atoms with Gasteiger partial charge in [-0.15, -0.1) is 0 Å². The number of nitrogens with zero attached hydrogens (tertiary/aromatic N) is 2. The van der Waals surface area contributed by atoms with Crippen molar-refractivity contribution in [1.82, 2.24) is 10.2 Å². The lowest BCUT2D eigenvalue weighted by molar-refractivity contribution is -0.767. The molecule has 0 bridgehead atoms. The van der Waals surface area contributed by atoms with Crippen molar-refractivity contribution in [3.63, 3.8) is 0 Å². The van der Waals surface area contributed by atoms with Crippen molar-refractivity contribution in [3.05, 3.63) is 16.1 Å². The van der Waals surface area contributed by atoms with Gasteiger partial charge in [0.25, 0.3) is 5.69 Å². The average molecular weight is 186 g/mol. The number of aromatic nitrogens is 2. The first kappa shape index (κ1) is 9.98. The van der Waals surface area contributed by atoms with Crippen LogP contribution in [-0.2, 0) is 6.54 Å². The van der Waals surface area contributed by atoms with Crippen molar-refractivity contribution in [2.45, 2.75) is 19.9 Å². The van der Waals surface area contributed by atoms with Crippen LogP contribution in [0.25, 0.3) is 0 Å². The van der Waals surface area contributed by atoms with E-state index in [1.54, 1.807) is 11.6 Å². The first-order valence-corrected chi connectivity index (χ1v) is 4.34. The van der Waals surface area contributed by atoms with Crippen molar-refractivity contribution in [2.24, 2.45) is 0 Å². The van der Waals surface area contributed by atoms with Gasteiger partial charge in [-0.2, -0.15) is 0 Å². The molecule has 0 atom stereocenters. The Morgan fingerprint density at radius 2 is 2.23 bits per heavy atom. The Kier molecular flexibility index (Phi) is 3.25. The SMILES string of the molecule is Cc1c(=O)o[nH][n+]1CCCN(C)C. The van der Waals surface area contributed by atoms with Crippen LogP contribution in [0.3, 0.4) is 0 Å². The lowest BCUT2D eigenvalue weighted by Crippen LogP contribution is -2.40. The third-order valence-corrected chi connectivity index (χ3v) is 1.94. The molecule has 0 radical (unpaired) electrons. The fourth-order valence-corrected chi connectivity index (χ4v) is 1.11. The Balaban J connectivity index is 2.46.